The van der Waals surface area contributed by atoms with E-state index in [1.807, 2.05) is 33.2 Å². The number of hydrogen-bond acceptors (Lipinski definition) is 5. The van der Waals surface area contributed by atoms with E-state index >= 15 is 0 Å². The second-order valence-corrected chi connectivity index (χ2v) is 6.46. The molecule has 0 fully saturated rings. The Hall–Kier alpha value is -1.18. The second-order valence-electron chi connectivity index (χ2n) is 5.52. The van der Waals surface area contributed by atoms with Crippen molar-refractivity contribution in [2.75, 3.05) is 26.0 Å². The first-order chi connectivity index (χ1) is 10.5. The molecule has 134 valence electrons. The SMILES string of the molecule is Cc1ccc(NC(=O)c2csc(CCN)n2)c(CN(C)C)c1.Cl.Cl. The number of carbonyl (C=O) groups is 1. The summed E-state index contributed by atoms with van der Waals surface area (Å²) in [7, 11) is 4.01. The van der Waals surface area contributed by atoms with E-state index in [1.165, 1.54) is 16.9 Å². The van der Waals surface area contributed by atoms with E-state index in [-0.39, 0.29) is 30.7 Å². The lowest BCUT2D eigenvalue weighted by molar-refractivity contribution is 0.102. The molecule has 1 aromatic heterocycles. The molecule has 0 saturated carbocycles. The van der Waals surface area contributed by atoms with Crippen LogP contribution >= 0.6 is 36.2 Å². The van der Waals surface area contributed by atoms with Crippen molar-refractivity contribution in [2.45, 2.75) is 19.9 Å². The van der Waals surface area contributed by atoms with Crippen molar-refractivity contribution in [3.63, 3.8) is 0 Å². The van der Waals surface area contributed by atoms with Crippen LogP contribution in [0.15, 0.2) is 23.6 Å². The Morgan fingerprint density at radius 1 is 1.33 bits per heavy atom. The molecule has 0 spiro atoms. The molecule has 1 heterocycles. The normalized spacial score (nSPS) is 10.0. The quantitative estimate of drug-likeness (QED) is 0.794. The summed E-state index contributed by atoms with van der Waals surface area (Å²) in [6.45, 7) is 3.36. The van der Waals surface area contributed by atoms with Gasteiger partial charge >= 0.3 is 0 Å². The highest BCUT2D eigenvalue weighted by Crippen LogP contribution is 2.20. The zero-order valence-electron chi connectivity index (χ0n) is 14.0. The van der Waals surface area contributed by atoms with Crippen LogP contribution < -0.4 is 11.1 Å². The van der Waals surface area contributed by atoms with E-state index < -0.39 is 0 Å². The minimum Gasteiger partial charge on any atom is -0.330 e. The molecule has 0 radical (unpaired) electrons. The van der Waals surface area contributed by atoms with Gasteiger partial charge in [-0.25, -0.2) is 4.98 Å². The summed E-state index contributed by atoms with van der Waals surface area (Å²) in [4.78, 5) is 18.7. The van der Waals surface area contributed by atoms with Crippen LogP contribution in [0, 0.1) is 6.92 Å². The number of nitrogens with two attached hydrogens (primary N) is 1. The Bertz CT molecular complexity index is 661. The second kappa shape index (κ2) is 10.6. The number of anilines is 1. The average molecular weight is 391 g/mol. The number of thiazole rings is 1. The lowest BCUT2D eigenvalue weighted by atomic mass is 10.1. The predicted molar refractivity (Wildman–Crippen MR) is 106 cm³/mol. The van der Waals surface area contributed by atoms with E-state index in [2.05, 4.69) is 21.3 Å². The first-order valence-corrected chi connectivity index (χ1v) is 8.07. The minimum atomic E-state index is -0.177. The summed E-state index contributed by atoms with van der Waals surface area (Å²) >= 11 is 1.47. The van der Waals surface area contributed by atoms with Crippen molar-refractivity contribution in [1.82, 2.24) is 9.88 Å². The maximum absolute atomic E-state index is 12.3. The molecule has 24 heavy (non-hydrogen) atoms. The van der Waals surface area contributed by atoms with Crippen LogP contribution in [0.2, 0.25) is 0 Å². The van der Waals surface area contributed by atoms with Crippen LogP contribution in [0.1, 0.15) is 26.6 Å². The van der Waals surface area contributed by atoms with Crippen LogP contribution in [-0.4, -0.2) is 36.4 Å². The minimum absolute atomic E-state index is 0. The van der Waals surface area contributed by atoms with Crippen LogP contribution in [0.5, 0.6) is 0 Å². The van der Waals surface area contributed by atoms with Gasteiger partial charge in [0.25, 0.3) is 5.91 Å². The lowest BCUT2D eigenvalue weighted by Gasteiger charge is -2.15. The molecular formula is C16H24Cl2N4OS. The summed E-state index contributed by atoms with van der Waals surface area (Å²) in [5.74, 6) is -0.177. The zero-order chi connectivity index (χ0) is 16.1. The molecular weight excluding hydrogens is 367 g/mol. The van der Waals surface area contributed by atoms with Crippen molar-refractivity contribution in [2.24, 2.45) is 5.73 Å². The number of halogens is 2. The molecule has 0 bridgehead atoms. The van der Waals surface area contributed by atoms with Crippen molar-refractivity contribution in [1.29, 1.82) is 0 Å². The number of carbonyl (C=O) groups excluding carboxylic acids is 1. The number of aryl methyl sites for hydroxylation is 1. The monoisotopic (exact) mass is 390 g/mol. The van der Waals surface area contributed by atoms with Gasteiger partial charge in [0, 0.05) is 24.0 Å². The maximum Gasteiger partial charge on any atom is 0.275 e. The number of rotatable bonds is 6. The molecule has 0 aliphatic heterocycles. The fourth-order valence-electron chi connectivity index (χ4n) is 2.16. The average Bonchev–Trinajstić information content (AvgIpc) is 2.90. The number of benzene rings is 1. The van der Waals surface area contributed by atoms with Crippen molar-refractivity contribution in [3.8, 4) is 0 Å². The third-order valence-electron chi connectivity index (χ3n) is 3.14. The van der Waals surface area contributed by atoms with E-state index in [0.717, 1.165) is 22.8 Å². The van der Waals surface area contributed by atoms with E-state index in [0.29, 0.717) is 18.7 Å². The van der Waals surface area contributed by atoms with Crippen molar-refractivity contribution >= 4 is 47.7 Å². The topological polar surface area (TPSA) is 71.2 Å². The summed E-state index contributed by atoms with van der Waals surface area (Å²) in [6.07, 6.45) is 0.703. The molecule has 1 amide bonds. The van der Waals surface area contributed by atoms with Gasteiger partial charge in [-0.05, 0) is 39.2 Å². The van der Waals surface area contributed by atoms with Gasteiger partial charge in [-0.2, -0.15) is 0 Å². The summed E-state index contributed by atoms with van der Waals surface area (Å²) < 4.78 is 0. The first kappa shape index (κ1) is 22.8. The van der Waals surface area contributed by atoms with Gasteiger partial charge in [-0.3, -0.25) is 4.79 Å². The third kappa shape index (κ3) is 6.37. The van der Waals surface area contributed by atoms with Gasteiger partial charge in [0.15, 0.2) is 0 Å². The van der Waals surface area contributed by atoms with Crippen molar-refractivity contribution in [3.05, 3.63) is 45.4 Å². The molecule has 2 rings (SSSR count). The third-order valence-corrected chi connectivity index (χ3v) is 4.05. The smallest absolute Gasteiger partial charge is 0.275 e. The fraction of sp³-hybridized carbons (Fsp3) is 0.375. The van der Waals surface area contributed by atoms with Gasteiger partial charge in [-0.15, -0.1) is 36.2 Å². The highest BCUT2D eigenvalue weighted by Gasteiger charge is 2.13. The van der Waals surface area contributed by atoms with Crippen LogP contribution in [0.4, 0.5) is 5.69 Å². The summed E-state index contributed by atoms with van der Waals surface area (Å²) in [5.41, 5.74) is 9.06. The molecule has 0 aliphatic rings. The number of hydrogen-bond donors (Lipinski definition) is 2. The lowest BCUT2D eigenvalue weighted by Crippen LogP contribution is -2.17. The van der Waals surface area contributed by atoms with Gasteiger partial charge < -0.3 is 16.0 Å². The van der Waals surface area contributed by atoms with Crippen LogP contribution in [0.25, 0.3) is 0 Å². The first-order valence-electron chi connectivity index (χ1n) is 7.19. The van der Waals surface area contributed by atoms with Gasteiger partial charge in [-0.1, -0.05) is 17.7 Å². The van der Waals surface area contributed by atoms with Gasteiger partial charge in [0.2, 0.25) is 0 Å². The summed E-state index contributed by atoms with van der Waals surface area (Å²) in [5, 5.41) is 5.63. The number of nitrogens with zero attached hydrogens (tertiary/aromatic N) is 2. The molecule has 3 N–H and O–H groups in total. The van der Waals surface area contributed by atoms with E-state index in [4.69, 9.17) is 5.73 Å². The Kier molecular flexibility index (Phi) is 10.1. The van der Waals surface area contributed by atoms with Crippen molar-refractivity contribution < 1.29 is 4.79 Å². The van der Waals surface area contributed by atoms with E-state index in [1.54, 1.807) is 5.38 Å². The Balaban J connectivity index is 0.00000264. The molecule has 0 saturated heterocycles. The Morgan fingerprint density at radius 2 is 2.04 bits per heavy atom. The molecule has 1 aromatic carbocycles. The number of aromatic nitrogens is 1. The fourth-order valence-corrected chi connectivity index (χ4v) is 2.95. The molecule has 0 unspecified atom stereocenters. The molecule has 0 atom stereocenters. The highest BCUT2D eigenvalue weighted by molar-refractivity contribution is 7.09. The maximum atomic E-state index is 12.3. The predicted octanol–water partition coefficient (Wildman–Crippen LogP) is 3.11. The number of amides is 1. The zero-order valence-corrected chi connectivity index (χ0v) is 16.5. The molecule has 2 aromatic rings. The van der Waals surface area contributed by atoms with E-state index in [9.17, 15) is 4.79 Å². The number of nitrogens with one attached hydrogen (secondary N) is 1. The highest BCUT2D eigenvalue weighted by atomic mass is 35.5. The van der Waals surface area contributed by atoms with Crippen LogP contribution in [0.3, 0.4) is 0 Å². The molecule has 8 heteroatoms. The Morgan fingerprint density at radius 3 is 2.67 bits per heavy atom. The van der Waals surface area contributed by atoms with Crippen LogP contribution in [-0.2, 0) is 13.0 Å². The largest absolute Gasteiger partial charge is 0.330 e. The molecule has 0 aliphatic carbocycles. The Labute approximate surface area is 159 Å². The van der Waals surface area contributed by atoms with Gasteiger partial charge in [0.1, 0.15) is 5.69 Å². The van der Waals surface area contributed by atoms with Gasteiger partial charge in [0.05, 0.1) is 5.01 Å². The standard InChI is InChI=1S/C16H22N4OS.2ClH/c1-11-4-5-13(12(8-11)9-20(2)3)19-16(21)14-10-22-15(18-14)6-7-17;;/h4-5,8,10H,6-7,9,17H2,1-3H3,(H,19,21);2*1H. The summed E-state index contributed by atoms with van der Waals surface area (Å²) in [6, 6.07) is 6.03. The molecule has 5 nitrogen and oxygen atoms in total.